The van der Waals surface area contributed by atoms with Gasteiger partial charge >= 0.3 is 0 Å². The molecule has 0 aliphatic heterocycles. The molecule has 90 valence electrons. The van der Waals surface area contributed by atoms with E-state index in [1.54, 1.807) is 12.3 Å². The van der Waals surface area contributed by atoms with Crippen molar-refractivity contribution < 1.29 is 8.42 Å². The predicted octanol–water partition coefficient (Wildman–Crippen LogP) is 1.33. The molecule has 0 atom stereocenters. The Bertz CT molecular complexity index is 463. The third-order valence-corrected chi connectivity index (χ3v) is 4.58. The number of nitrogens with zero attached hydrogens (tertiary/aromatic N) is 1. The summed E-state index contributed by atoms with van der Waals surface area (Å²) in [7, 11) is -2.94. The predicted molar refractivity (Wildman–Crippen MR) is 67.6 cm³/mol. The van der Waals surface area contributed by atoms with Crippen LogP contribution in [0.2, 0.25) is 5.02 Å². The van der Waals surface area contributed by atoms with Crippen molar-refractivity contribution in [3.05, 3.63) is 22.8 Å². The number of aromatic nitrogens is 1. The summed E-state index contributed by atoms with van der Waals surface area (Å²) in [5.74, 6) is 0.558. The van der Waals surface area contributed by atoms with Gasteiger partial charge in [0.05, 0.1) is 10.8 Å². The fourth-order valence-corrected chi connectivity index (χ4v) is 3.49. The molecule has 7 heteroatoms. The molecule has 0 fully saturated rings. The van der Waals surface area contributed by atoms with E-state index in [1.165, 1.54) is 18.0 Å². The lowest BCUT2D eigenvalue weighted by atomic mass is 10.3. The maximum atomic E-state index is 10.9. The van der Waals surface area contributed by atoms with Crippen molar-refractivity contribution in [1.29, 1.82) is 0 Å². The molecule has 0 aliphatic rings. The zero-order valence-electron chi connectivity index (χ0n) is 8.81. The van der Waals surface area contributed by atoms with E-state index >= 15 is 0 Å². The van der Waals surface area contributed by atoms with E-state index in [0.29, 0.717) is 22.3 Å². The molecule has 0 amide bonds. The van der Waals surface area contributed by atoms with Crippen molar-refractivity contribution in [2.75, 3.05) is 17.8 Å². The lowest BCUT2D eigenvalue weighted by molar-refractivity contribution is 0.603. The number of pyridine rings is 1. The van der Waals surface area contributed by atoms with Crippen LogP contribution < -0.4 is 5.73 Å². The Morgan fingerprint density at radius 2 is 2.25 bits per heavy atom. The van der Waals surface area contributed by atoms with Crippen molar-refractivity contribution in [2.24, 2.45) is 5.73 Å². The van der Waals surface area contributed by atoms with Crippen LogP contribution in [0.4, 0.5) is 0 Å². The van der Waals surface area contributed by atoms with E-state index in [1.807, 2.05) is 0 Å². The quantitative estimate of drug-likeness (QED) is 0.824. The van der Waals surface area contributed by atoms with Crippen molar-refractivity contribution >= 4 is 33.2 Å². The van der Waals surface area contributed by atoms with Crippen LogP contribution in [-0.4, -0.2) is 31.2 Å². The first kappa shape index (κ1) is 13.8. The van der Waals surface area contributed by atoms with Crippen LogP contribution >= 0.6 is 23.4 Å². The maximum Gasteiger partial charge on any atom is 0.148 e. The van der Waals surface area contributed by atoms with Gasteiger partial charge < -0.3 is 5.73 Å². The smallest absolute Gasteiger partial charge is 0.148 e. The van der Waals surface area contributed by atoms with Crippen molar-refractivity contribution in [1.82, 2.24) is 4.98 Å². The van der Waals surface area contributed by atoms with Crippen LogP contribution in [0, 0.1) is 0 Å². The molecule has 0 saturated carbocycles. The molecular formula is C9H13ClN2O2S2. The first-order valence-electron chi connectivity index (χ1n) is 4.58. The van der Waals surface area contributed by atoms with Gasteiger partial charge in [0.15, 0.2) is 0 Å². The van der Waals surface area contributed by atoms with Gasteiger partial charge in [-0.15, -0.1) is 11.8 Å². The van der Waals surface area contributed by atoms with E-state index in [2.05, 4.69) is 4.98 Å². The second kappa shape index (κ2) is 5.86. The summed E-state index contributed by atoms with van der Waals surface area (Å²) < 4.78 is 21.9. The van der Waals surface area contributed by atoms with Crippen LogP contribution in [0.3, 0.4) is 0 Å². The van der Waals surface area contributed by atoms with E-state index in [4.69, 9.17) is 17.3 Å². The molecule has 1 heterocycles. The Labute approximate surface area is 105 Å². The highest BCUT2D eigenvalue weighted by Crippen LogP contribution is 2.27. The minimum Gasteiger partial charge on any atom is -0.326 e. The number of nitrogens with two attached hydrogens (primary N) is 1. The molecule has 0 spiro atoms. The van der Waals surface area contributed by atoms with Gasteiger partial charge in [-0.25, -0.2) is 13.4 Å². The third-order valence-electron chi connectivity index (χ3n) is 1.85. The van der Waals surface area contributed by atoms with Gasteiger partial charge in [-0.1, -0.05) is 11.6 Å². The first-order valence-corrected chi connectivity index (χ1v) is 8.00. The summed E-state index contributed by atoms with van der Waals surface area (Å²) in [6.07, 6.45) is 2.83. The summed E-state index contributed by atoms with van der Waals surface area (Å²) in [4.78, 5) is 4.09. The number of sulfone groups is 1. The minimum absolute atomic E-state index is 0.114. The molecule has 0 aliphatic carbocycles. The maximum absolute atomic E-state index is 10.9. The normalized spacial score (nSPS) is 11.7. The van der Waals surface area contributed by atoms with Crippen LogP contribution in [0.1, 0.15) is 5.56 Å². The molecule has 1 aromatic heterocycles. The standard InChI is InChI=1S/C9H13ClN2O2S2/c1-16(13,14)5-4-15-9-8(10)7(6-11)2-3-12-9/h2-3H,4-6,11H2,1H3. The van der Waals surface area contributed by atoms with Crippen molar-refractivity contribution in [2.45, 2.75) is 11.6 Å². The largest absolute Gasteiger partial charge is 0.326 e. The second-order valence-corrected chi connectivity index (χ2v) is 6.99. The topological polar surface area (TPSA) is 73.0 Å². The summed E-state index contributed by atoms with van der Waals surface area (Å²) in [5.41, 5.74) is 6.32. The summed E-state index contributed by atoms with van der Waals surface area (Å²) in [6, 6.07) is 1.75. The third kappa shape index (κ3) is 4.29. The van der Waals surface area contributed by atoms with E-state index in [-0.39, 0.29) is 5.75 Å². The van der Waals surface area contributed by atoms with Crippen LogP contribution in [0.15, 0.2) is 17.3 Å². The first-order chi connectivity index (χ1) is 7.44. The average Bonchev–Trinajstić information content (AvgIpc) is 2.19. The number of hydrogen-bond donors (Lipinski definition) is 1. The van der Waals surface area contributed by atoms with Crippen LogP contribution in [0.25, 0.3) is 0 Å². The van der Waals surface area contributed by atoms with Gasteiger partial charge in [0.1, 0.15) is 14.9 Å². The monoisotopic (exact) mass is 280 g/mol. The molecule has 2 N–H and O–H groups in total. The molecule has 0 radical (unpaired) electrons. The molecular weight excluding hydrogens is 268 g/mol. The van der Waals surface area contributed by atoms with E-state index in [0.717, 1.165) is 5.56 Å². The fourth-order valence-electron chi connectivity index (χ4n) is 1.01. The highest BCUT2D eigenvalue weighted by atomic mass is 35.5. The number of thioether (sulfide) groups is 1. The summed E-state index contributed by atoms with van der Waals surface area (Å²) in [6.45, 7) is 0.348. The molecule has 0 aromatic carbocycles. The second-order valence-electron chi connectivity index (χ2n) is 3.27. The Morgan fingerprint density at radius 1 is 1.56 bits per heavy atom. The Hall–Kier alpha value is -0.300. The summed E-state index contributed by atoms with van der Waals surface area (Å²) in [5, 5.41) is 1.15. The van der Waals surface area contributed by atoms with Gasteiger partial charge in [0.25, 0.3) is 0 Å². The number of halogens is 1. The molecule has 4 nitrogen and oxygen atoms in total. The lowest BCUT2D eigenvalue weighted by Crippen LogP contribution is -2.05. The fraction of sp³-hybridized carbons (Fsp3) is 0.444. The highest BCUT2D eigenvalue weighted by molar-refractivity contribution is 8.00. The number of rotatable bonds is 5. The number of hydrogen-bond acceptors (Lipinski definition) is 5. The molecule has 0 unspecified atom stereocenters. The summed E-state index contributed by atoms with van der Waals surface area (Å²) >= 11 is 7.37. The highest BCUT2D eigenvalue weighted by Gasteiger charge is 2.08. The molecule has 1 rings (SSSR count). The Balaban J connectivity index is 2.68. The van der Waals surface area contributed by atoms with Crippen molar-refractivity contribution in [3.8, 4) is 0 Å². The zero-order chi connectivity index (χ0) is 12.2. The van der Waals surface area contributed by atoms with Crippen LogP contribution in [-0.2, 0) is 16.4 Å². The molecule has 1 aromatic rings. The average molecular weight is 281 g/mol. The Kier molecular flexibility index (Phi) is 5.04. The Morgan fingerprint density at radius 3 is 2.81 bits per heavy atom. The van der Waals surface area contributed by atoms with E-state index < -0.39 is 9.84 Å². The van der Waals surface area contributed by atoms with Gasteiger partial charge in [-0.3, -0.25) is 0 Å². The van der Waals surface area contributed by atoms with Crippen LogP contribution in [0.5, 0.6) is 0 Å². The van der Waals surface area contributed by atoms with Gasteiger partial charge in [-0.05, 0) is 11.6 Å². The SMILES string of the molecule is CS(=O)(=O)CCSc1nccc(CN)c1Cl. The zero-order valence-corrected chi connectivity index (χ0v) is 11.2. The van der Waals surface area contributed by atoms with Crippen molar-refractivity contribution in [3.63, 3.8) is 0 Å². The minimum atomic E-state index is -2.94. The molecule has 0 saturated heterocycles. The molecule has 0 bridgehead atoms. The van der Waals surface area contributed by atoms with Gasteiger partial charge in [0.2, 0.25) is 0 Å². The van der Waals surface area contributed by atoms with E-state index in [9.17, 15) is 8.42 Å². The molecule has 16 heavy (non-hydrogen) atoms. The lowest BCUT2D eigenvalue weighted by Gasteiger charge is -2.06. The van der Waals surface area contributed by atoms with Gasteiger partial charge in [0, 0.05) is 24.8 Å². The van der Waals surface area contributed by atoms with Gasteiger partial charge in [-0.2, -0.15) is 0 Å².